The molecule has 34 heavy (non-hydrogen) atoms. The van der Waals surface area contributed by atoms with Crippen molar-refractivity contribution in [1.29, 1.82) is 5.26 Å². The van der Waals surface area contributed by atoms with Crippen LogP contribution in [0.4, 0.5) is 26.4 Å². The van der Waals surface area contributed by atoms with E-state index in [1.54, 1.807) is 12.1 Å². The van der Waals surface area contributed by atoms with E-state index in [4.69, 9.17) is 11.5 Å². The van der Waals surface area contributed by atoms with Gasteiger partial charge < -0.3 is 16.8 Å². The minimum Gasteiger partial charge on any atom is -0.382 e. The first kappa shape index (κ1) is 22.6. The lowest BCUT2D eigenvalue weighted by Crippen LogP contribution is -2.26. The van der Waals surface area contributed by atoms with Gasteiger partial charge in [0.05, 0.1) is 16.6 Å². The molecule has 0 aliphatic heterocycles. The summed E-state index contributed by atoms with van der Waals surface area (Å²) >= 11 is 0. The zero-order valence-corrected chi connectivity index (χ0v) is 18.1. The Morgan fingerprint density at radius 3 is 2.53 bits per heavy atom. The van der Waals surface area contributed by atoms with Gasteiger partial charge in [-0.2, -0.15) is 15.2 Å². The van der Waals surface area contributed by atoms with Crippen molar-refractivity contribution in [3.63, 3.8) is 0 Å². The Morgan fingerprint density at radius 2 is 1.85 bits per heavy atom. The molecule has 0 aliphatic rings. The second kappa shape index (κ2) is 9.11. The van der Waals surface area contributed by atoms with E-state index in [9.17, 15) is 18.8 Å². The number of aromatic nitrogens is 4. The average Bonchev–Trinajstić information content (AvgIpc) is 2.78. The lowest BCUT2D eigenvalue weighted by atomic mass is 10.1. The van der Waals surface area contributed by atoms with Crippen LogP contribution < -0.4 is 22.3 Å². The molecule has 0 saturated carbocycles. The molecule has 0 saturated heterocycles. The number of rotatable bonds is 6. The number of aryl methyl sites for hydroxylation is 1. The molecule has 0 aliphatic carbocycles. The molecule has 172 valence electrons. The van der Waals surface area contributed by atoms with Crippen LogP contribution >= 0.6 is 0 Å². The Kier molecular flexibility index (Phi) is 6.05. The first-order valence-corrected chi connectivity index (χ1v) is 10.4. The minimum atomic E-state index is -0.820. The van der Waals surface area contributed by atoms with E-state index in [0.29, 0.717) is 17.3 Å². The van der Waals surface area contributed by atoms with E-state index < -0.39 is 17.2 Å². The van der Waals surface area contributed by atoms with Crippen LogP contribution in [0.25, 0.3) is 16.6 Å². The highest BCUT2D eigenvalue weighted by atomic mass is 19.1. The van der Waals surface area contributed by atoms with Crippen molar-refractivity contribution in [2.75, 3.05) is 23.3 Å². The summed E-state index contributed by atoms with van der Waals surface area (Å²) in [5, 5.41) is 12.6. The molecule has 4 rings (SSSR count). The number of nitriles is 1. The largest absolute Gasteiger partial charge is 0.382 e. The zero-order chi connectivity index (χ0) is 24.4. The van der Waals surface area contributed by atoms with Gasteiger partial charge >= 0.3 is 0 Å². The number of nitrogens with zero attached hydrogens (tertiary/aromatic N) is 5. The van der Waals surface area contributed by atoms with Crippen molar-refractivity contribution in [1.82, 2.24) is 19.5 Å². The quantitative estimate of drug-likeness (QED) is 0.396. The van der Waals surface area contributed by atoms with Crippen LogP contribution in [0.15, 0.2) is 41.2 Å². The van der Waals surface area contributed by atoms with E-state index in [1.165, 1.54) is 4.57 Å². The van der Waals surface area contributed by atoms with Crippen molar-refractivity contribution in [2.45, 2.75) is 19.8 Å². The average molecular weight is 462 g/mol. The summed E-state index contributed by atoms with van der Waals surface area (Å²) < 4.78 is 29.2. The Hall–Kier alpha value is -4.59. The van der Waals surface area contributed by atoms with Crippen LogP contribution in [0.1, 0.15) is 23.9 Å². The summed E-state index contributed by atoms with van der Waals surface area (Å²) in [5.74, 6) is -1.42. The fourth-order valence-corrected chi connectivity index (χ4v) is 3.73. The number of nitrogens with one attached hydrogen (secondary N) is 1. The lowest BCUT2D eigenvalue weighted by molar-refractivity contribution is 0.580. The molecule has 0 bridgehead atoms. The fourth-order valence-electron chi connectivity index (χ4n) is 3.73. The highest BCUT2D eigenvalue weighted by molar-refractivity contribution is 5.81. The van der Waals surface area contributed by atoms with Gasteiger partial charge in [0.25, 0.3) is 5.56 Å². The van der Waals surface area contributed by atoms with Crippen LogP contribution in [0.3, 0.4) is 0 Å². The van der Waals surface area contributed by atoms with Crippen LogP contribution in [0.2, 0.25) is 0 Å². The van der Waals surface area contributed by atoms with Gasteiger partial charge in [0.15, 0.2) is 5.82 Å². The molecule has 11 heteroatoms. The zero-order valence-electron chi connectivity index (χ0n) is 18.1. The normalized spacial score (nSPS) is 10.9. The summed E-state index contributed by atoms with van der Waals surface area (Å²) in [6.07, 6.45) is 0.793. The van der Waals surface area contributed by atoms with Crippen LogP contribution in [0.5, 0.6) is 0 Å². The minimum absolute atomic E-state index is 0.0158. The number of nitrogens with two attached hydrogens (primary N) is 2. The molecule has 0 unspecified atom stereocenters. The third-order valence-corrected chi connectivity index (χ3v) is 5.25. The SMILES string of the molecule is CCc1cccc2c(=O)n(-c3cc(F)cc(F)c3)c(CCNc3nc(N)nc(N)c3C#N)nc12. The summed E-state index contributed by atoms with van der Waals surface area (Å²) in [6, 6.07) is 10.0. The topological polar surface area (TPSA) is 149 Å². The van der Waals surface area contributed by atoms with Crippen molar-refractivity contribution in [2.24, 2.45) is 0 Å². The Balaban J connectivity index is 1.81. The molecular weight excluding hydrogens is 442 g/mol. The van der Waals surface area contributed by atoms with Gasteiger partial charge in [0.1, 0.15) is 34.9 Å². The van der Waals surface area contributed by atoms with E-state index in [-0.39, 0.29) is 47.6 Å². The predicted octanol–water partition coefficient (Wildman–Crippen LogP) is 2.71. The van der Waals surface area contributed by atoms with E-state index in [1.807, 2.05) is 19.1 Å². The van der Waals surface area contributed by atoms with Gasteiger partial charge in [-0.15, -0.1) is 0 Å². The van der Waals surface area contributed by atoms with Gasteiger partial charge in [-0.1, -0.05) is 19.1 Å². The predicted molar refractivity (Wildman–Crippen MR) is 124 cm³/mol. The van der Waals surface area contributed by atoms with Crippen molar-refractivity contribution < 1.29 is 8.78 Å². The number of hydrogen-bond acceptors (Lipinski definition) is 8. The van der Waals surface area contributed by atoms with Gasteiger partial charge in [0, 0.05) is 19.0 Å². The van der Waals surface area contributed by atoms with Crippen LogP contribution in [-0.4, -0.2) is 26.1 Å². The molecule has 2 heterocycles. The maximum atomic E-state index is 14.0. The standard InChI is InChI=1S/C23H20F2N8O/c1-2-12-4-3-5-16-19(12)30-18(33(22(16)34)15-9-13(24)8-14(25)10-15)6-7-29-21-17(11-26)20(27)31-23(28)32-21/h3-5,8-10H,2,6-7H2,1H3,(H5,27,28,29,31,32). The number of hydrogen-bond donors (Lipinski definition) is 3. The molecule has 0 spiro atoms. The number of nitrogen functional groups attached to an aromatic ring is 2. The summed E-state index contributed by atoms with van der Waals surface area (Å²) in [4.78, 5) is 25.9. The van der Waals surface area contributed by atoms with E-state index in [2.05, 4.69) is 20.3 Å². The first-order chi connectivity index (χ1) is 16.3. The summed E-state index contributed by atoms with van der Waals surface area (Å²) in [7, 11) is 0. The number of benzene rings is 2. The van der Waals surface area contributed by atoms with Crippen molar-refractivity contribution in [3.05, 3.63) is 75.3 Å². The van der Waals surface area contributed by atoms with Gasteiger partial charge in [-0.05, 0) is 30.2 Å². The number of anilines is 3. The van der Waals surface area contributed by atoms with Crippen molar-refractivity contribution in [3.8, 4) is 11.8 Å². The monoisotopic (exact) mass is 462 g/mol. The molecule has 0 radical (unpaired) electrons. The van der Waals surface area contributed by atoms with E-state index in [0.717, 1.165) is 23.8 Å². The highest BCUT2D eigenvalue weighted by Crippen LogP contribution is 2.21. The molecule has 2 aromatic carbocycles. The molecule has 0 amide bonds. The second-order valence-electron chi connectivity index (χ2n) is 7.44. The Labute approximate surface area is 192 Å². The fraction of sp³-hybridized carbons (Fsp3) is 0.174. The molecule has 4 aromatic rings. The number of halogens is 2. The van der Waals surface area contributed by atoms with Gasteiger partial charge in [-0.3, -0.25) is 9.36 Å². The number of fused-ring (bicyclic) bond motifs is 1. The maximum absolute atomic E-state index is 14.0. The van der Waals surface area contributed by atoms with Gasteiger partial charge in [-0.25, -0.2) is 13.8 Å². The maximum Gasteiger partial charge on any atom is 0.265 e. The second-order valence-corrected chi connectivity index (χ2v) is 7.44. The molecule has 2 aromatic heterocycles. The van der Waals surface area contributed by atoms with Crippen LogP contribution in [0, 0.1) is 23.0 Å². The lowest BCUT2D eigenvalue weighted by Gasteiger charge is -2.16. The highest BCUT2D eigenvalue weighted by Gasteiger charge is 2.17. The van der Waals surface area contributed by atoms with Gasteiger partial charge in [0.2, 0.25) is 5.95 Å². The third-order valence-electron chi connectivity index (χ3n) is 5.25. The molecule has 5 N–H and O–H groups in total. The molecule has 0 fully saturated rings. The summed E-state index contributed by atoms with van der Waals surface area (Å²) in [5.41, 5.74) is 12.3. The molecular formula is C23H20F2N8O. The summed E-state index contributed by atoms with van der Waals surface area (Å²) in [6.45, 7) is 2.10. The molecule has 0 atom stereocenters. The van der Waals surface area contributed by atoms with Crippen LogP contribution in [-0.2, 0) is 12.8 Å². The first-order valence-electron chi connectivity index (χ1n) is 10.4. The molecule has 9 nitrogen and oxygen atoms in total. The van der Waals surface area contributed by atoms with Crippen molar-refractivity contribution >= 4 is 28.5 Å². The van der Waals surface area contributed by atoms with E-state index >= 15 is 0 Å². The Bertz CT molecular complexity index is 1490. The third kappa shape index (κ3) is 4.21. The smallest absolute Gasteiger partial charge is 0.265 e. The number of para-hydroxylation sites is 1. The Morgan fingerprint density at radius 1 is 1.12 bits per heavy atom.